The number of halogens is 1. The molecule has 2 aliphatic rings. The van der Waals surface area contributed by atoms with Gasteiger partial charge in [-0.25, -0.2) is 8.42 Å². The molecular weight excluding hydrogens is 336 g/mol. The van der Waals surface area contributed by atoms with Crippen molar-refractivity contribution < 1.29 is 13.2 Å². The molecule has 1 atom stereocenters. The molecule has 2 heterocycles. The maximum atomic E-state index is 12.7. The number of amides is 1. The van der Waals surface area contributed by atoms with Gasteiger partial charge in [0, 0.05) is 30.2 Å². The molecule has 0 saturated carbocycles. The molecule has 2 fully saturated rings. The Kier molecular flexibility index (Phi) is 4.42. The fourth-order valence-corrected chi connectivity index (χ4v) is 5.43. The number of piperidine rings is 1. The maximum absolute atomic E-state index is 12.7. The third-order valence-corrected chi connectivity index (χ3v) is 6.49. The maximum Gasteiger partial charge on any atom is 0.253 e. The van der Waals surface area contributed by atoms with Crippen LogP contribution in [-0.4, -0.2) is 55.0 Å². The second-order valence-corrected chi connectivity index (χ2v) is 8.84. The van der Waals surface area contributed by atoms with Crippen LogP contribution in [0, 0.1) is 0 Å². The first kappa shape index (κ1) is 16.7. The minimum Gasteiger partial charge on any atom is -0.337 e. The molecule has 1 aromatic rings. The summed E-state index contributed by atoms with van der Waals surface area (Å²) in [5.74, 6) is -0.0545. The van der Waals surface area contributed by atoms with Gasteiger partial charge in [0.15, 0.2) is 0 Å². The first-order valence-corrected chi connectivity index (χ1v) is 10.1. The smallest absolute Gasteiger partial charge is 0.253 e. The van der Waals surface area contributed by atoms with Crippen LogP contribution in [0.3, 0.4) is 0 Å². The summed E-state index contributed by atoms with van der Waals surface area (Å²) in [6.45, 7) is 1.70. The number of hydrogen-bond donors (Lipinski definition) is 0. The molecule has 3 rings (SSSR count). The van der Waals surface area contributed by atoms with Crippen molar-refractivity contribution in [2.24, 2.45) is 0 Å². The molecule has 5 nitrogen and oxygen atoms in total. The minimum atomic E-state index is -3.25. The average molecular weight is 357 g/mol. The van der Waals surface area contributed by atoms with Crippen molar-refractivity contribution in [2.45, 2.75) is 31.2 Å². The highest BCUT2D eigenvalue weighted by atomic mass is 35.5. The Labute approximate surface area is 142 Å². The van der Waals surface area contributed by atoms with Crippen LogP contribution >= 0.6 is 11.6 Å². The molecule has 1 aromatic carbocycles. The normalized spacial score (nSPS) is 25.9. The molecule has 7 heteroatoms. The Morgan fingerprint density at radius 1 is 1.13 bits per heavy atom. The van der Waals surface area contributed by atoms with Crippen molar-refractivity contribution in [3.05, 3.63) is 34.9 Å². The fraction of sp³-hybridized carbons (Fsp3) is 0.562. The second kappa shape index (κ2) is 6.07. The topological polar surface area (TPSA) is 57.7 Å². The van der Waals surface area contributed by atoms with E-state index < -0.39 is 15.6 Å². The van der Waals surface area contributed by atoms with Crippen LogP contribution < -0.4 is 0 Å². The zero-order valence-corrected chi connectivity index (χ0v) is 14.7. The molecule has 2 saturated heterocycles. The largest absolute Gasteiger partial charge is 0.337 e. The van der Waals surface area contributed by atoms with Crippen LogP contribution in [0.4, 0.5) is 0 Å². The quantitative estimate of drug-likeness (QED) is 0.817. The first-order chi connectivity index (χ1) is 10.8. The molecule has 0 bridgehead atoms. The number of benzene rings is 1. The molecule has 2 aliphatic heterocycles. The molecule has 0 aromatic heterocycles. The molecular formula is C16H21ClN2O3S. The Hall–Kier alpha value is -1.11. The van der Waals surface area contributed by atoms with Gasteiger partial charge in [-0.15, -0.1) is 0 Å². The summed E-state index contributed by atoms with van der Waals surface area (Å²) in [5.41, 5.74) is 0.170. The lowest BCUT2D eigenvalue weighted by Gasteiger charge is -2.44. The van der Waals surface area contributed by atoms with Gasteiger partial charge in [-0.1, -0.05) is 11.6 Å². The highest BCUT2D eigenvalue weighted by Crippen LogP contribution is 2.39. The summed E-state index contributed by atoms with van der Waals surface area (Å²) >= 11 is 5.87. The Morgan fingerprint density at radius 2 is 1.74 bits per heavy atom. The SMILES string of the molecule is CS(=O)(=O)N1CCC[C@]12CCCN(C(=O)c1ccc(Cl)cc1)C2. The Bertz CT molecular complexity index is 705. The molecule has 0 radical (unpaired) electrons. The van der Waals surface area contributed by atoms with Gasteiger partial charge in [0.2, 0.25) is 10.0 Å². The molecule has 0 N–H and O–H groups in total. The molecule has 126 valence electrons. The zero-order valence-electron chi connectivity index (χ0n) is 13.2. The van der Waals surface area contributed by atoms with E-state index in [-0.39, 0.29) is 5.91 Å². The van der Waals surface area contributed by atoms with Crippen LogP contribution in [0.25, 0.3) is 0 Å². The Balaban J connectivity index is 1.83. The highest BCUT2D eigenvalue weighted by molar-refractivity contribution is 7.88. The van der Waals surface area contributed by atoms with E-state index in [1.165, 1.54) is 6.26 Å². The third kappa shape index (κ3) is 3.25. The summed E-state index contributed by atoms with van der Waals surface area (Å²) in [7, 11) is -3.25. The minimum absolute atomic E-state index is 0.0545. The van der Waals surface area contributed by atoms with E-state index in [1.807, 2.05) is 0 Å². The predicted octanol–water partition coefficient (Wildman–Crippen LogP) is 2.37. The van der Waals surface area contributed by atoms with E-state index in [1.54, 1.807) is 33.5 Å². The van der Waals surface area contributed by atoms with Gasteiger partial charge in [-0.05, 0) is 49.9 Å². The first-order valence-electron chi connectivity index (χ1n) is 7.85. The van der Waals surface area contributed by atoms with Crippen molar-refractivity contribution in [3.63, 3.8) is 0 Å². The highest BCUT2D eigenvalue weighted by Gasteiger charge is 2.48. The number of carbonyl (C=O) groups is 1. The third-order valence-electron chi connectivity index (χ3n) is 4.87. The Morgan fingerprint density at radius 3 is 2.35 bits per heavy atom. The average Bonchev–Trinajstić information content (AvgIpc) is 2.90. The lowest BCUT2D eigenvalue weighted by molar-refractivity contribution is 0.0524. The van der Waals surface area contributed by atoms with Gasteiger partial charge in [0.05, 0.1) is 11.8 Å². The number of sulfonamides is 1. The fourth-order valence-electron chi connectivity index (χ4n) is 3.90. The number of hydrogen-bond acceptors (Lipinski definition) is 3. The summed E-state index contributed by atoms with van der Waals surface area (Å²) in [5, 5.41) is 0.593. The number of rotatable bonds is 2. The number of likely N-dealkylation sites (tertiary alicyclic amines) is 1. The van der Waals surface area contributed by atoms with E-state index in [0.717, 1.165) is 25.7 Å². The summed E-state index contributed by atoms with van der Waals surface area (Å²) in [6, 6.07) is 6.84. The number of carbonyl (C=O) groups excluding carboxylic acids is 1. The van der Waals surface area contributed by atoms with Crippen LogP contribution in [0.15, 0.2) is 24.3 Å². The van der Waals surface area contributed by atoms with Crippen LogP contribution in [0.2, 0.25) is 5.02 Å². The summed E-state index contributed by atoms with van der Waals surface area (Å²) < 4.78 is 25.8. The summed E-state index contributed by atoms with van der Waals surface area (Å²) in [6.07, 6.45) is 4.59. The van der Waals surface area contributed by atoms with E-state index in [9.17, 15) is 13.2 Å². The van der Waals surface area contributed by atoms with Crippen LogP contribution in [0.5, 0.6) is 0 Å². The summed E-state index contributed by atoms with van der Waals surface area (Å²) in [4.78, 5) is 14.5. The van der Waals surface area contributed by atoms with Gasteiger partial charge in [-0.2, -0.15) is 4.31 Å². The van der Waals surface area contributed by atoms with Crippen LogP contribution in [-0.2, 0) is 10.0 Å². The van der Waals surface area contributed by atoms with E-state index in [2.05, 4.69) is 0 Å². The van der Waals surface area contributed by atoms with E-state index in [0.29, 0.717) is 30.2 Å². The van der Waals surface area contributed by atoms with E-state index in [4.69, 9.17) is 11.6 Å². The predicted molar refractivity (Wildman–Crippen MR) is 90.1 cm³/mol. The van der Waals surface area contributed by atoms with Crippen molar-refractivity contribution >= 4 is 27.5 Å². The van der Waals surface area contributed by atoms with Gasteiger partial charge in [0.25, 0.3) is 5.91 Å². The molecule has 0 aliphatic carbocycles. The number of nitrogens with zero attached hydrogens (tertiary/aromatic N) is 2. The lowest BCUT2D eigenvalue weighted by atomic mass is 9.87. The zero-order chi connectivity index (χ0) is 16.7. The molecule has 1 amide bonds. The van der Waals surface area contributed by atoms with Crippen molar-refractivity contribution in [1.29, 1.82) is 0 Å². The van der Waals surface area contributed by atoms with Gasteiger partial charge < -0.3 is 4.90 Å². The van der Waals surface area contributed by atoms with Crippen molar-refractivity contribution in [2.75, 3.05) is 25.9 Å². The monoisotopic (exact) mass is 356 g/mol. The van der Waals surface area contributed by atoms with Gasteiger partial charge in [0.1, 0.15) is 0 Å². The standard InChI is InChI=1S/C16H21ClN2O3S/c1-23(21,22)19-11-3-9-16(19)8-2-10-18(12-16)15(20)13-4-6-14(17)7-5-13/h4-7H,2-3,8-12H2,1H3/t16-/m0/s1. The van der Waals surface area contributed by atoms with Crippen LogP contribution in [0.1, 0.15) is 36.0 Å². The van der Waals surface area contributed by atoms with Gasteiger partial charge >= 0.3 is 0 Å². The molecule has 1 spiro atoms. The van der Waals surface area contributed by atoms with Gasteiger partial charge in [-0.3, -0.25) is 4.79 Å². The molecule has 0 unspecified atom stereocenters. The van der Waals surface area contributed by atoms with Crippen molar-refractivity contribution in [3.8, 4) is 0 Å². The van der Waals surface area contributed by atoms with Crippen molar-refractivity contribution in [1.82, 2.24) is 9.21 Å². The van der Waals surface area contributed by atoms with E-state index >= 15 is 0 Å². The lowest BCUT2D eigenvalue weighted by Crippen LogP contribution is -2.58. The molecule has 23 heavy (non-hydrogen) atoms. The second-order valence-electron chi connectivity index (χ2n) is 6.50.